The van der Waals surface area contributed by atoms with Crippen LogP contribution in [0.4, 0.5) is 34.1 Å². The van der Waals surface area contributed by atoms with E-state index >= 15 is 0 Å². The summed E-state index contributed by atoms with van der Waals surface area (Å²) in [5.74, 6) is 0. The van der Waals surface area contributed by atoms with Gasteiger partial charge in [0, 0.05) is 33.5 Å². The van der Waals surface area contributed by atoms with Gasteiger partial charge in [-0.1, -0.05) is 91.6 Å². The summed E-state index contributed by atoms with van der Waals surface area (Å²) in [6.45, 7) is 7.06. The molecule has 0 fully saturated rings. The number of nitriles is 3. The maximum absolute atomic E-state index is 9.86. The average Bonchev–Trinajstić information content (AvgIpc) is 3.18. The van der Waals surface area contributed by atoms with E-state index in [1.807, 2.05) is 54.6 Å². The van der Waals surface area contributed by atoms with Crippen LogP contribution in [0.25, 0.3) is 32.3 Å². The van der Waals surface area contributed by atoms with E-state index in [0.717, 1.165) is 66.4 Å². The number of nitrogens with zero attached hydrogens (tertiary/aromatic N) is 5. The predicted octanol–water partition coefficient (Wildman–Crippen LogP) is 11.7. The Bertz CT molecular complexity index is 2720. The van der Waals surface area contributed by atoms with Crippen LogP contribution in [0, 0.1) is 34.0 Å². The highest BCUT2D eigenvalue weighted by Crippen LogP contribution is 2.47. The Morgan fingerprint density at radius 1 is 0.423 bits per heavy atom. The molecule has 6 heteroatoms. The summed E-state index contributed by atoms with van der Waals surface area (Å²) in [5, 5.41) is 37.5. The maximum atomic E-state index is 9.86. The van der Waals surface area contributed by atoms with Crippen LogP contribution in [0.5, 0.6) is 0 Å². The van der Waals surface area contributed by atoms with E-state index in [9.17, 15) is 15.8 Å². The molecule has 5 nitrogen and oxygen atoms in total. The van der Waals surface area contributed by atoms with Crippen molar-refractivity contribution in [1.29, 1.82) is 15.8 Å². The first-order chi connectivity index (χ1) is 25.3. The maximum Gasteiger partial charge on any atom is 0.0992 e. The van der Waals surface area contributed by atoms with E-state index in [1.165, 1.54) is 5.19 Å². The van der Waals surface area contributed by atoms with E-state index in [1.54, 1.807) is 12.1 Å². The van der Waals surface area contributed by atoms with Gasteiger partial charge in [-0.3, -0.25) is 0 Å². The molecule has 0 amide bonds. The fourth-order valence-corrected chi connectivity index (χ4v) is 8.44. The molecule has 0 saturated carbocycles. The molecule has 0 radical (unpaired) electrons. The molecule has 52 heavy (non-hydrogen) atoms. The van der Waals surface area contributed by atoms with Crippen LogP contribution in [0.15, 0.2) is 146 Å². The van der Waals surface area contributed by atoms with Crippen molar-refractivity contribution >= 4 is 79.7 Å². The molecule has 0 atom stereocenters. The van der Waals surface area contributed by atoms with Gasteiger partial charge >= 0.3 is 0 Å². The van der Waals surface area contributed by atoms with Crippen LogP contribution >= 0.6 is 0 Å². The van der Waals surface area contributed by atoms with E-state index in [-0.39, 0.29) is 0 Å². The van der Waals surface area contributed by atoms with Crippen molar-refractivity contribution in [3.63, 3.8) is 0 Å². The molecule has 0 unspecified atom stereocenters. The van der Waals surface area contributed by atoms with Crippen molar-refractivity contribution in [3.8, 4) is 18.2 Å². The second kappa shape index (κ2) is 12.8. The van der Waals surface area contributed by atoms with Crippen LogP contribution in [0.2, 0.25) is 19.6 Å². The molecule has 0 aromatic heterocycles. The monoisotopic (exact) mass is 683 g/mol. The molecule has 8 rings (SSSR count). The highest BCUT2D eigenvalue weighted by molar-refractivity contribution is 6.88. The van der Waals surface area contributed by atoms with Crippen LogP contribution in [-0.4, -0.2) is 8.07 Å². The lowest BCUT2D eigenvalue weighted by Crippen LogP contribution is -2.37. The first-order valence-corrected chi connectivity index (χ1v) is 20.7. The minimum Gasteiger partial charge on any atom is -0.310 e. The zero-order valence-electron chi connectivity index (χ0n) is 29.1. The van der Waals surface area contributed by atoms with Crippen molar-refractivity contribution < 1.29 is 0 Å². The molecule has 0 N–H and O–H groups in total. The molecule has 0 saturated heterocycles. The number of benzene rings is 8. The van der Waals surface area contributed by atoms with Gasteiger partial charge in [0.25, 0.3) is 0 Å². The minimum absolute atomic E-state index is 0.555. The van der Waals surface area contributed by atoms with Gasteiger partial charge in [-0.2, -0.15) is 15.8 Å². The van der Waals surface area contributed by atoms with Crippen LogP contribution in [0.3, 0.4) is 0 Å². The zero-order valence-corrected chi connectivity index (χ0v) is 30.1. The molecule has 0 heterocycles. The second-order valence-corrected chi connectivity index (χ2v) is 19.1. The Balaban J connectivity index is 1.40. The van der Waals surface area contributed by atoms with E-state index in [4.69, 9.17) is 0 Å². The van der Waals surface area contributed by atoms with Crippen LogP contribution in [0.1, 0.15) is 16.7 Å². The standard InChI is InChI=1S/C46H33N5Si/c1-52(2,3)40-19-17-36(18-20-40)50(37-10-4-7-31(25-37)28-47)43-23-15-34-14-22-42-44(24-16-35-13-21-41(43)45(34)46(35)42)51(38-11-5-8-32(26-38)29-48)39-12-6-9-33(27-39)30-49/h4-27H,1-3H3. The van der Waals surface area contributed by atoms with Crippen molar-refractivity contribution in [2.45, 2.75) is 19.6 Å². The molecular formula is C46H33N5Si. The summed E-state index contributed by atoms with van der Waals surface area (Å²) in [4.78, 5) is 4.39. The first kappa shape index (κ1) is 32.3. The topological polar surface area (TPSA) is 77.8 Å². The third kappa shape index (κ3) is 5.57. The van der Waals surface area contributed by atoms with Gasteiger partial charge < -0.3 is 9.80 Å². The van der Waals surface area contributed by atoms with E-state index in [2.05, 4.69) is 127 Å². The quantitative estimate of drug-likeness (QED) is 0.123. The van der Waals surface area contributed by atoms with Gasteiger partial charge in [0.1, 0.15) is 0 Å². The smallest absolute Gasteiger partial charge is 0.0992 e. The van der Waals surface area contributed by atoms with Crippen LogP contribution < -0.4 is 15.0 Å². The average molecular weight is 684 g/mol. The number of anilines is 6. The normalized spacial score (nSPS) is 11.3. The predicted molar refractivity (Wildman–Crippen MR) is 217 cm³/mol. The fourth-order valence-electron chi connectivity index (χ4n) is 7.27. The molecule has 0 aliphatic heterocycles. The molecule has 246 valence electrons. The van der Waals surface area contributed by atoms with Crippen molar-refractivity contribution in [1.82, 2.24) is 0 Å². The molecule has 0 aliphatic rings. The van der Waals surface area contributed by atoms with E-state index < -0.39 is 8.07 Å². The van der Waals surface area contributed by atoms with E-state index in [0.29, 0.717) is 16.7 Å². The molecule has 0 spiro atoms. The SMILES string of the molecule is C[Si](C)(C)c1ccc(N(c2cccc(C#N)c2)c2ccc3ccc4c(N(c5cccc(C#N)c5)c5cccc(C#N)c5)ccc5ccc2c3c54)cc1. The Morgan fingerprint density at radius 2 is 0.808 bits per heavy atom. The van der Waals surface area contributed by atoms with Gasteiger partial charge in [0.05, 0.1) is 54.3 Å². The van der Waals surface area contributed by atoms with Crippen molar-refractivity contribution in [3.05, 3.63) is 162 Å². The largest absolute Gasteiger partial charge is 0.310 e. The lowest BCUT2D eigenvalue weighted by atomic mass is 9.91. The van der Waals surface area contributed by atoms with Crippen molar-refractivity contribution in [2.24, 2.45) is 0 Å². The first-order valence-electron chi connectivity index (χ1n) is 17.2. The summed E-state index contributed by atoms with van der Waals surface area (Å²) in [7, 11) is -1.52. The molecular weight excluding hydrogens is 651 g/mol. The summed E-state index contributed by atoms with van der Waals surface area (Å²) >= 11 is 0. The molecule has 0 aliphatic carbocycles. The van der Waals surface area contributed by atoms with Gasteiger partial charge in [-0.05, 0) is 100 Å². The Kier molecular flexibility index (Phi) is 7.93. The van der Waals surface area contributed by atoms with Gasteiger partial charge in [0.2, 0.25) is 0 Å². The molecule has 8 aromatic carbocycles. The molecule has 0 bridgehead atoms. The number of hydrogen-bond donors (Lipinski definition) is 0. The summed E-state index contributed by atoms with van der Waals surface area (Å²) in [5.41, 5.74) is 7.26. The highest BCUT2D eigenvalue weighted by Gasteiger charge is 2.23. The number of hydrogen-bond acceptors (Lipinski definition) is 5. The third-order valence-corrected chi connectivity index (χ3v) is 11.9. The lowest BCUT2D eigenvalue weighted by molar-refractivity contribution is 1.29. The Morgan fingerprint density at radius 3 is 1.19 bits per heavy atom. The fraction of sp³-hybridized carbons (Fsp3) is 0.0652. The van der Waals surface area contributed by atoms with Gasteiger partial charge in [-0.25, -0.2) is 0 Å². The Labute approximate surface area is 304 Å². The van der Waals surface area contributed by atoms with Crippen LogP contribution in [-0.2, 0) is 0 Å². The van der Waals surface area contributed by atoms with Gasteiger partial charge in [0.15, 0.2) is 0 Å². The lowest BCUT2D eigenvalue weighted by Gasteiger charge is -2.30. The second-order valence-electron chi connectivity index (χ2n) is 14.0. The minimum atomic E-state index is -1.52. The van der Waals surface area contributed by atoms with Gasteiger partial charge in [-0.15, -0.1) is 0 Å². The summed E-state index contributed by atoms with van der Waals surface area (Å²) in [6.07, 6.45) is 0. The Hall–Kier alpha value is -6.91. The third-order valence-electron chi connectivity index (χ3n) is 9.79. The highest BCUT2D eigenvalue weighted by atomic mass is 28.3. The summed E-state index contributed by atoms with van der Waals surface area (Å²) < 4.78 is 0. The summed E-state index contributed by atoms with van der Waals surface area (Å²) in [6, 6.07) is 56.1. The molecule has 8 aromatic rings. The zero-order chi connectivity index (χ0) is 36.0. The number of rotatable bonds is 7. The van der Waals surface area contributed by atoms with Crippen molar-refractivity contribution in [2.75, 3.05) is 9.80 Å².